The van der Waals surface area contributed by atoms with Gasteiger partial charge in [0.2, 0.25) is 0 Å². The van der Waals surface area contributed by atoms with Gasteiger partial charge in [-0.25, -0.2) is 9.97 Å². The minimum atomic E-state index is 0.108. The summed E-state index contributed by atoms with van der Waals surface area (Å²) >= 11 is 1.68. The number of hydrogen-bond acceptors (Lipinski definition) is 5. The molecule has 6 heteroatoms. The molecule has 0 aromatic carbocycles. The average Bonchev–Trinajstić information content (AvgIpc) is 3.08. The van der Waals surface area contributed by atoms with Gasteiger partial charge in [-0.1, -0.05) is 6.92 Å². The van der Waals surface area contributed by atoms with Crippen molar-refractivity contribution in [3.05, 3.63) is 40.0 Å². The molecule has 1 amide bonds. The summed E-state index contributed by atoms with van der Waals surface area (Å²) in [5.41, 5.74) is 1.72. The zero-order valence-corrected chi connectivity index (χ0v) is 14.2. The van der Waals surface area contributed by atoms with Crippen LogP contribution in [0.3, 0.4) is 0 Å². The average molecular weight is 330 g/mol. The number of piperidine rings is 1. The van der Waals surface area contributed by atoms with Crippen LogP contribution in [-0.2, 0) is 13.0 Å². The molecule has 23 heavy (non-hydrogen) atoms. The molecule has 0 atom stereocenters. The van der Waals surface area contributed by atoms with Crippen molar-refractivity contribution in [1.82, 2.24) is 14.9 Å². The second-order valence-corrected chi connectivity index (χ2v) is 6.66. The van der Waals surface area contributed by atoms with E-state index in [-0.39, 0.29) is 5.91 Å². The number of nitrogens with one attached hydrogen (secondary N) is 1. The van der Waals surface area contributed by atoms with Crippen molar-refractivity contribution in [3.8, 4) is 0 Å². The van der Waals surface area contributed by atoms with Gasteiger partial charge in [0.15, 0.2) is 0 Å². The van der Waals surface area contributed by atoms with Crippen LogP contribution >= 0.6 is 11.3 Å². The van der Waals surface area contributed by atoms with E-state index in [0.29, 0.717) is 12.1 Å². The smallest absolute Gasteiger partial charge is 0.254 e. The Hall–Kier alpha value is -1.95. The number of aryl methyl sites for hydroxylation is 1. The van der Waals surface area contributed by atoms with Crippen LogP contribution in [0.25, 0.3) is 0 Å². The van der Waals surface area contributed by atoms with Crippen LogP contribution < -0.4 is 5.32 Å². The van der Waals surface area contributed by atoms with Crippen LogP contribution in [0.4, 0.5) is 5.82 Å². The summed E-state index contributed by atoms with van der Waals surface area (Å²) in [6, 6.07) is 3.63. The molecule has 1 fully saturated rings. The number of carbonyl (C=O) groups excluding carboxylic acids is 1. The van der Waals surface area contributed by atoms with Gasteiger partial charge in [0, 0.05) is 30.2 Å². The number of likely N-dealkylation sites (tertiary alicyclic amines) is 1. The van der Waals surface area contributed by atoms with Crippen molar-refractivity contribution in [2.75, 3.05) is 18.4 Å². The Kier molecular flexibility index (Phi) is 5.23. The Bertz CT molecular complexity index is 664. The van der Waals surface area contributed by atoms with Crippen molar-refractivity contribution in [3.63, 3.8) is 0 Å². The van der Waals surface area contributed by atoms with E-state index in [1.54, 1.807) is 23.6 Å². The van der Waals surface area contributed by atoms with Crippen LogP contribution in [0.5, 0.6) is 0 Å². The first-order valence-corrected chi connectivity index (χ1v) is 9.06. The van der Waals surface area contributed by atoms with Crippen molar-refractivity contribution in [2.45, 2.75) is 39.2 Å². The highest BCUT2D eigenvalue weighted by Crippen LogP contribution is 2.16. The summed E-state index contributed by atoms with van der Waals surface area (Å²) in [5.74, 6) is 0.830. The molecule has 2 aromatic rings. The first kappa shape index (κ1) is 15.9. The molecule has 0 unspecified atom stereocenters. The van der Waals surface area contributed by atoms with E-state index in [9.17, 15) is 4.79 Å². The fraction of sp³-hybridized carbons (Fsp3) is 0.471. The Balaban J connectivity index is 1.63. The zero-order valence-electron chi connectivity index (χ0n) is 13.4. The zero-order chi connectivity index (χ0) is 16.1. The third-order valence-corrected chi connectivity index (χ3v) is 5.04. The molecule has 3 rings (SSSR count). The first-order valence-electron chi connectivity index (χ1n) is 8.18. The molecule has 3 heterocycles. The number of anilines is 1. The summed E-state index contributed by atoms with van der Waals surface area (Å²) in [5, 5.41) is 6.47. The maximum absolute atomic E-state index is 12.5. The maximum Gasteiger partial charge on any atom is 0.254 e. The van der Waals surface area contributed by atoms with Crippen molar-refractivity contribution in [2.24, 2.45) is 0 Å². The molecule has 5 nitrogen and oxygen atoms in total. The van der Waals surface area contributed by atoms with Crippen molar-refractivity contribution in [1.29, 1.82) is 0 Å². The summed E-state index contributed by atoms with van der Waals surface area (Å²) in [6.07, 6.45) is 6.08. The molecule has 1 N–H and O–H groups in total. The number of rotatable bonds is 5. The lowest BCUT2D eigenvalue weighted by Gasteiger charge is -2.26. The van der Waals surface area contributed by atoms with E-state index in [0.717, 1.165) is 48.9 Å². The normalized spacial score (nSPS) is 14.7. The third-order valence-electron chi connectivity index (χ3n) is 4.00. The van der Waals surface area contributed by atoms with Crippen LogP contribution in [0, 0.1) is 0 Å². The second-order valence-electron chi connectivity index (χ2n) is 5.72. The molecular weight excluding hydrogens is 308 g/mol. The summed E-state index contributed by atoms with van der Waals surface area (Å²) in [6.45, 7) is 4.46. The fourth-order valence-electron chi connectivity index (χ4n) is 2.71. The number of pyridine rings is 1. The van der Waals surface area contributed by atoms with Gasteiger partial charge < -0.3 is 10.2 Å². The van der Waals surface area contributed by atoms with Crippen LogP contribution in [0.1, 0.15) is 47.2 Å². The Morgan fingerprint density at radius 2 is 2.17 bits per heavy atom. The standard InChI is InChI=1S/C17H22N4OS/c1-2-16-20-14(12-23-16)11-19-15-10-13(6-7-18-15)17(22)21-8-4-3-5-9-21/h6-7,10,12H,2-5,8-9,11H2,1H3,(H,18,19). The van der Waals surface area contributed by atoms with E-state index in [2.05, 4.69) is 27.6 Å². The monoisotopic (exact) mass is 330 g/mol. The fourth-order valence-corrected chi connectivity index (χ4v) is 3.46. The molecule has 0 saturated carbocycles. The summed E-state index contributed by atoms with van der Waals surface area (Å²) in [7, 11) is 0. The summed E-state index contributed by atoms with van der Waals surface area (Å²) < 4.78 is 0. The lowest BCUT2D eigenvalue weighted by atomic mass is 10.1. The van der Waals surface area contributed by atoms with Gasteiger partial charge >= 0.3 is 0 Å². The first-order chi connectivity index (χ1) is 11.3. The van der Waals surface area contributed by atoms with Gasteiger partial charge in [-0.3, -0.25) is 4.79 Å². The number of carbonyl (C=O) groups is 1. The van der Waals surface area contributed by atoms with Gasteiger partial charge in [-0.05, 0) is 37.8 Å². The SMILES string of the molecule is CCc1nc(CNc2cc(C(=O)N3CCCCC3)ccn2)cs1. The number of amides is 1. The Morgan fingerprint density at radius 1 is 1.35 bits per heavy atom. The Labute approximate surface area is 140 Å². The third kappa shape index (κ3) is 4.07. The molecule has 2 aromatic heterocycles. The molecule has 122 valence electrons. The largest absolute Gasteiger partial charge is 0.364 e. The van der Waals surface area contributed by atoms with E-state index in [1.165, 1.54) is 6.42 Å². The molecule has 0 radical (unpaired) electrons. The topological polar surface area (TPSA) is 58.1 Å². The van der Waals surface area contributed by atoms with E-state index in [4.69, 9.17) is 0 Å². The minimum Gasteiger partial charge on any atom is -0.364 e. The van der Waals surface area contributed by atoms with Gasteiger partial charge in [0.05, 0.1) is 17.2 Å². The molecule has 0 bridgehead atoms. The van der Waals surface area contributed by atoms with Crippen LogP contribution in [0.2, 0.25) is 0 Å². The molecule has 1 saturated heterocycles. The van der Waals surface area contributed by atoms with Crippen molar-refractivity contribution < 1.29 is 4.79 Å². The summed E-state index contributed by atoms with van der Waals surface area (Å²) in [4.78, 5) is 23.3. The number of hydrogen-bond donors (Lipinski definition) is 1. The van der Waals surface area contributed by atoms with Gasteiger partial charge in [0.1, 0.15) is 5.82 Å². The molecule has 0 aliphatic carbocycles. The molecule has 1 aliphatic heterocycles. The maximum atomic E-state index is 12.5. The van der Waals surface area contributed by atoms with Crippen LogP contribution in [0.15, 0.2) is 23.7 Å². The highest BCUT2D eigenvalue weighted by molar-refractivity contribution is 7.09. The molecule has 0 spiro atoms. The number of nitrogens with zero attached hydrogens (tertiary/aromatic N) is 3. The lowest BCUT2D eigenvalue weighted by molar-refractivity contribution is 0.0724. The molecular formula is C17H22N4OS. The second kappa shape index (κ2) is 7.55. The number of thiazole rings is 1. The van der Waals surface area contributed by atoms with E-state index in [1.807, 2.05) is 11.0 Å². The Morgan fingerprint density at radius 3 is 2.91 bits per heavy atom. The predicted molar refractivity (Wildman–Crippen MR) is 92.8 cm³/mol. The minimum absolute atomic E-state index is 0.108. The lowest BCUT2D eigenvalue weighted by Crippen LogP contribution is -2.35. The van der Waals surface area contributed by atoms with E-state index >= 15 is 0 Å². The predicted octanol–water partition coefficient (Wildman–Crippen LogP) is 3.34. The number of aromatic nitrogens is 2. The van der Waals surface area contributed by atoms with Crippen LogP contribution in [-0.4, -0.2) is 33.9 Å². The highest BCUT2D eigenvalue weighted by atomic mass is 32.1. The quantitative estimate of drug-likeness (QED) is 0.913. The van der Waals surface area contributed by atoms with Gasteiger partial charge in [0.25, 0.3) is 5.91 Å². The van der Waals surface area contributed by atoms with E-state index < -0.39 is 0 Å². The molecule has 1 aliphatic rings. The van der Waals surface area contributed by atoms with Gasteiger partial charge in [-0.2, -0.15) is 0 Å². The van der Waals surface area contributed by atoms with Crippen molar-refractivity contribution >= 4 is 23.1 Å². The van der Waals surface area contributed by atoms with Gasteiger partial charge in [-0.15, -0.1) is 11.3 Å². The highest BCUT2D eigenvalue weighted by Gasteiger charge is 2.18.